The van der Waals surface area contributed by atoms with Crippen molar-refractivity contribution in [3.8, 4) is 0 Å². The highest BCUT2D eigenvalue weighted by Crippen LogP contribution is 2.36. The fourth-order valence-electron chi connectivity index (χ4n) is 4.23. The number of carboxylic acid groups (broad SMARTS) is 1. The number of pyridine rings is 1. The molecule has 0 amide bonds. The number of carbonyl (C=O) groups is 1. The minimum atomic E-state index is -4.45. The molecule has 3 aromatic heterocycles. The van der Waals surface area contributed by atoms with Crippen molar-refractivity contribution in [2.45, 2.75) is 51.6 Å². The van der Waals surface area contributed by atoms with Crippen LogP contribution in [0.1, 0.15) is 43.0 Å². The Kier molecular flexibility index (Phi) is 6.46. The summed E-state index contributed by atoms with van der Waals surface area (Å²) < 4.78 is 48.0. The summed E-state index contributed by atoms with van der Waals surface area (Å²) in [5.74, 6) is 1.18. The number of aryl methyl sites for hydroxylation is 1. The normalized spacial score (nSPS) is 18.6. The van der Waals surface area contributed by atoms with Gasteiger partial charge in [-0.05, 0) is 50.1 Å². The first-order valence-electron chi connectivity index (χ1n) is 10.5. The largest absolute Gasteiger partial charge is 0.483 e. The molecule has 2 atom stereocenters. The molecule has 1 aromatic carbocycles. The second kappa shape index (κ2) is 9.33. The first-order chi connectivity index (χ1) is 16.2. The summed E-state index contributed by atoms with van der Waals surface area (Å²) in [6.07, 6.45) is -1.34. The topological polar surface area (TPSA) is 121 Å². The van der Waals surface area contributed by atoms with Gasteiger partial charge in [0.25, 0.3) is 6.47 Å². The Morgan fingerprint density at radius 3 is 2.71 bits per heavy atom. The Bertz CT molecular complexity index is 1320. The van der Waals surface area contributed by atoms with Crippen molar-refractivity contribution in [1.82, 2.24) is 34.7 Å². The number of tetrazole rings is 1. The molecule has 1 aliphatic heterocycles. The number of ether oxygens (including phenoxy) is 1. The van der Waals surface area contributed by atoms with Crippen LogP contribution in [0.5, 0.6) is 0 Å². The molecule has 34 heavy (non-hydrogen) atoms. The maximum atomic E-state index is 13.4. The van der Waals surface area contributed by atoms with Crippen LogP contribution in [0.15, 0.2) is 24.4 Å². The Labute approximate surface area is 191 Å². The minimum Gasteiger partial charge on any atom is -0.483 e. The minimum absolute atomic E-state index is 0.0218. The molecule has 0 saturated carbocycles. The number of benzene rings is 1. The molecule has 0 unspecified atom stereocenters. The van der Waals surface area contributed by atoms with Crippen LogP contribution in [0.4, 0.5) is 13.2 Å². The lowest BCUT2D eigenvalue weighted by atomic mass is 10.0. The number of aromatic nitrogens is 7. The first-order valence-corrected chi connectivity index (χ1v) is 10.5. The summed E-state index contributed by atoms with van der Waals surface area (Å²) in [6, 6.07) is 3.64. The second-order valence-electron chi connectivity index (χ2n) is 7.95. The lowest BCUT2D eigenvalue weighted by molar-refractivity contribution is -0.137. The molecule has 4 heterocycles. The third kappa shape index (κ3) is 4.69. The van der Waals surface area contributed by atoms with Gasteiger partial charge in [0.15, 0.2) is 5.82 Å². The van der Waals surface area contributed by atoms with Gasteiger partial charge in [0, 0.05) is 18.0 Å². The van der Waals surface area contributed by atoms with Gasteiger partial charge in [0.1, 0.15) is 17.9 Å². The van der Waals surface area contributed by atoms with Crippen molar-refractivity contribution in [2.75, 3.05) is 6.61 Å². The van der Waals surface area contributed by atoms with E-state index in [1.165, 1.54) is 10.9 Å². The van der Waals surface area contributed by atoms with Crippen LogP contribution in [-0.4, -0.2) is 59.0 Å². The summed E-state index contributed by atoms with van der Waals surface area (Å²) >= 11 is 0. The van der Waals surface area contributed by atoms with Crippen LogP contribution in [0.3, 0.4) is 0 Å². The molecule has 1 N–H and O–H groups in total. The highest BCUT2D eigenvalue weighted by Gasteiger charge is 2.32. The number of halogens is 3. The third-order valence-electron chi connectivity index (χ3n) is 5.57. The van der Waals surface area contributed by atoms with Crippen LogP contribution in [0, 0.1) is 6.92 Å². The lowest BCUT2D eigenvalue weighted by Gasteiger charge is -2.30. The van der Waals surface area contributed by atoms with Crippen LogP contribution in [0.2, 0.25) is 0 Å². The zero-order chi connectivity index (χ0) is 24.5. The van der Waals surface area contributed by atoms with Gasteiger partial charge < -0.3 is 14.4 Å². The molecule has 10 nitrogen and oxygen atoms in total. The fourth-order valence-corrected chi connectivity index (χ4v) is 4.23. The van der Waals surface area contributed by atoms with E-state index in [4.69, 9.17) is 19.6 Å². The maximum absolute atomic E-state index is 13.4. The molecule has 0 aliphatic carbocycles. The van der Waals surface area contributed by atoms with Gasteiger partial charge >= 0.3 is 6.18 Å². The van der Waals surface area contributed by atoms with E-state index in [-0.39, 0.29) is 25.2 Å². The summed E-state index contributed by atoms with van der Waals surface area (Å²) in [4.78, 5) is 18.8. The van der Waals surface area contributed by atoms with Gasteiger partial charge in [-0.2, -0.15) is 18.0 Å². The van der Waals surface area contributed by atoms with Crippen molar-refractivity contribution >= 4 is 28.4 Å². The molecule has 0 bridgehead atoms. The number of fused-ring (bicyclic) bond motifs is 3. The van der Waals surface area contributed by atoms with Crippen molar-refractivity contribution in [2.24, 2.45) is 0 Å². The number of rotatable bonds is 3. The number of alkyl halides is 3. The second-order valence-corrected chi connectivity index (χ2v) is 7.95. The number of hydrogen-bond acceptors (Lipinski definition) is 7. The zero-order valence-corrected chi connectivity index (χ0v) is 18.4. The quantitative estimate of drug-likeness (QED) is 0.446. The highest BCUT2D eigenvalue weighted by atomic mass is 19.4. The van der Waals surface area contributed by atoms with Crippen molar-refractivity contribution in [3.63, 3.8) is 0 Å². The summed E-state index contributed by atoms with van der Waals surface area (Å²) in [6.45, 7) is 4.31. The van der Waals surface area contributed by atoms with Crippen molar-refractivity contribution in [3.05, 3.63) is 41.6 Å². The number of hydrogen-bond donors (Lipinski definition) is 1. The van der Waals surface area contributed by atoms with Crippen LogP contribution in [-0.2, 0) is 22.3 Å². The van der Waals surface area contributed by atoms with Crippen LogP contribution in [0.25, 0.3) is 21.9 Å². The third-order valence-corrected chi connectivity index (χ3v) is 5.57. The monoisotopic (exact) mass is 477 g/mol. The standard InChI is InChI=1S/C20H20F3N7O.CH2O2/c1-11-7-14(5-6-31-11)30-18(10-29-27-12(2)26-28-29)25-17-9-24-16-4-3-13(20(21,22)23)8-15(16)19(17)30;2-1-3/h3-4,8-9,11,14H,5-7,10H2,1-2H3;1H,(H,2,3)/t11-,14-;/m1./s1. The maximum Gasteiger partial charge on any atom is 0.416 e. The Balaban J connectivity index is 0.000000868. The van der Waals surface area contributed by atoms with E-state index < -0.39 is 11.7 Å². The van der Waals surface area contributed by atoms with Gasteiger partial charge in [0.2, 0.25) is 0 Å². The molecular weight excluding hydrogens is 455 g/mol. The van der Waals surface area contributed by atoms with E-state index in [1.54, 1.807) is 13.1 Å². The highest BCUT2D eigenvalue weighted by molar-refractivity contribution is 6.02. The Morgan fingerprint density at radius 2 is 2.06 bits per heavy atom. The van der Waals surface area contributed by atoms with E-state index in [2.05, 4.69) is 20.4 Å². The van der Waals surface area contributed by atoms with E-state index in [0.717, 1.165) is 25.0 Å². The van der Waals surface area contributed by atoms with Gasteiger partial charge in [-0.3, -0.25) is 9.78 Å². The summed E-state index contributed by atoms with van der Waals surface area (Å²) in [5, 5.41) is 19.5. The molecule has 1 fully saturated rings. The first kappa shape index (κ1) is 23.5. The molecule has 5 rings (SSSR count). The van der Waals surface area contributed by atoms with Gasteiger partial charge in [-0.25, -0.2) is 4.98 Å². The predicted molar refractivity (Wildman–Crippen MR) is 114 cm³/mol. The molecule has 1 saturated heterocycles. The predicted octanol–water partition coefficient (Wildman–Crippen LogP) is 3.39. The molecule has 180 valence electrons. The van der Waals surface area contributed by atoms with E-state index in [1.807, 2.05) is 11.5 Å². The zero-order valence-electron chi connectivity index (χ0n) is 18.4. The molecular formula is C21H22F3N7O3. The number of imidazole rings is 1. The smallest absolute Gasteiger partial charge is 0.416 e. The molecule has 4 aromatic rings. The van der Waals surface area contributed by atoms with Crippen LogP contribution >= 0.6 is 0 Å². The summed E-state index contributed by atoms with van der Waals surface area (Å²) in [5.41, 5.74) is 0.959. The van der Waals surface area contributed by atoms with E-state index >= 15 is 0 Å². The average Bonchev–Trinajstić information content (AvgIpc) is 3.36. The Hall–Kier alpha value is -3.61. The van der Waals surface area contributed by atoms with Crippen molar-refractivity contribution < 1.29 is 27.8 Å². The number of nitrogens with zero attached hydrogens (tertiary/aromatic N) is 7. The fraction of sp³-hybridized carbons (Fsp3) is 0.429. The van der Waals surface area contributed by atoms with Gasteiger partial charge in [-0.15, -0.1) is 10.2 Å². The lowest BCUT2D eigenvalue weighted by Crippen LogP contribution is -2.27. The van der Waals surface area contributed by atoms with E-state index in [0.29, 0.717) is 40.2 Å². The Morgan fingerprint density at radius 1 is 1.29 bits per heavy atom. The molecule has 0 radical (unpaired) electrons. The molecule has 13 heteroatoms. The summed E-state index contributed by atoms with van der Waals surface area (Å²) in [7, 11) is 0. The molecule has 1 aliphatic rings. The van der Waals surface area contributed by atoms with E-state index in [9.17, 15) is 13.2 Å². The van der Waals surface area contributed by atoms with Gasteiger partial charge in [-0.1, -0.05) is 0 Å². The SMILES string of the molecule is Cc1nnn(Cc2nc3cnc4ccc(C(F)(F)F)cc4c3n2[C@@H]2CCO[C@H](C)C2)n1.O=CO. The average molecular weight is 477 g/mol. The van der Waals surface area contributed by atoms with Crippen molar-refractivity contribution in [1.29, 1.82) is 0 Å². The molecule has 0 spiro atoms. The van der Waals surface area contributed by atoms with Crippen LogP contribution < -0.4 is 0 Å². The van der Waals surface area contributed by atoms with Gasteiger partial charge in [0.05, 0.1) is 28.9 Å².